The monoisotopic (exact) mass is 355 g/mol. The molecule has 0 atom stereocenters. The summed E-state index contributed by atoms with van der Waals surface area (Å²) in [6, 6.07) is 0.0129. The zero-order chi connectivity index (χ0) is 18.3. The Morgan fingerprint density at radius 3 is 1.96 bits per heavy atom. The Balaban J connectivity index is 3.43. The third-order valence-electron chi connectivity index (χ3n) is 2.66. The minimum absolute atomic E-state index is 0.0633. The number of esters is 1. The summed E-state index contributed by atoms with van der Waals surface area (Å²) in [5.41, 5.74) is -2.93. The van der Waals surface area contributed by atoms with Crippen LogP contribution in [0.5, 0.6) is 0 Å². The summed E-state index contributed by atoms with van der Waals surface area (Å²) < 4.78 is 119. The number of alkyl halides is 9. The molecule has 3 nitrogen and oxygen atoms in total. The minimum Gasteiger partial charge on any atom is -0.464 e. The summed E-state index contributed by atoms with van der Waals surface area (Å²) in [4.78, 5) is 14.2. The maximum atomic E-state index is 13.6. The highest BCUT2D eigenvalue weighted by molar-refractivity contribution is 5.87. The molecule has 0 spiro atoms. The SMILES string of the molecule is COC(=O)c1cc(C(F)(F)C(F)(F)C(F)(F)C(F)(F)F)ccn1. The van der Waals surface area contributed by atoms with E-state index in [-0.39, 0.29) is 12.1 Å². The van der Waals surface area contributed by atoms with E-state index in [9.17, 15) is 44.3 Å². The van der Waals surface area contributed by atoms with Crippen LogP contribution in [-0.2, 0) is 10.7 Å². The third-order valence-corrected chi connectivity index (χ3v) is 2.66. The maximum Gasteiger partial charge on any atom is 0.460 e. The number of pyridine rings is 1. The molecule has 0 saturated carbocycles. The van der Waals surface area contributed by atoms with Crippen LogP contribution in [0.15, 0.2) is 18.3 Å². The summed E-state index contributed by atoms with van der Waals surface area (Å²) >= 11 is 0. The normalized spacial score (nSPS) is 13.8. The van der Waals surface area contributed by atoms with Crippen LogP contribution < -0.4 is 0 Å². The van der Waals surface area contributed by atoms with Gasteiger partial charge in [-0.05, 0) is 12.1 Å². The van der Waals surface area contributed by atoms with E-state index in [1.54, 1.807) is 0 Å². The number of hydrogen-bond donors (Lipinski definition) is 0. The van der Waals surface area contributed by atoms with Crippen molar-refractivity contribution in [1.29, 1.82) is 0 Å². The highest BCUT2D eigenvalue weighted by atomic mass is 19.4. The van der Waals surface area contributed by atoms with Gasteiger partial charge in [0, 0.05) is 11.8 Å². The topological polar surface area (TPSA) is 39.2 Å². The molecule has 1 heterocycles. The lowest BCUT2D eigenvalue weighted by atomic mass is 9.97. The Morgan fingerprint density at radius 1 is 1.00 bits per heavy atom. The molecule has 0 amide bonds. The number of rotatable bonds is 4. The van der Waals surface area contributed by atoms with E-state index >= 15 is 0 Å². The molecule has 0 fully saturated rings. The molecule has 1 rings (SSSR count). The highest BCUT2D eigenvalue weighted by Gasteiger charge is 2.82. The zero-order valence-electron chi connectivity index (χ0n) is 10.9. The van der Waals surface area contributed by atoms with Gasteiger partial charge in [-0.2, -0.15) is 39.5 Å². The van der Waals surface area contributed by atoms with Gasteiger partial charge in [-0.25, -0.2) is 9.78 Å². The molecule has 130 valence electrons. The van der Waals surface area contributed by atoms with Crippen LogP contribution in [0, 0.1) is 0 Å². The van der Waals surface area contributed by atoms with Crippen molar-refractivity contribution >= 4 is 5.97 Å². The molecule has 0 aromatic carbocycles. The first-order valence-corrected chi connectivity index (χ1v) is 5.45. The smallest absolute Gasteiger partial charge is 0.460 e. The Labute approximate surface area is 122 Å². The lowest BCUT2D eigenvalue weighted by Crippen LogP contribution is -2.59. The summed E-state index contributed by atoms with van der Waals surface area (Å²) in [6.45, 7) is 0. The number of carbonyl (C=O) groups is 1. The summed E-state index contributed by atoms with van der Waals surface area (Å²) in [5.74, 6) is -21.2. The molecular weight excluding hydrogens is 349 g/mol. The Kier molecular flexibility index (Phi) is 4.61. The minimum atomic E-state index is -7.02. The van der Waals surface area contributed by atoms with Crippen molar-refractivity contribution in [3.63, 3.8) is 0 Å². The molecule has 0 aliphatic heterocycles. The van der Waals surface area contributed by atoms with Gasteiger partial charge < -0.3 is 4.74 Å². The third kappa shape index (κ3) is 2.93. The van der Waals surface area contributed by atoms with Crippen LogP contribution in [0.4, 0.5) is 39.5 Å². The first-order valence-electron chi connectivity index (χ1n) is 5.45. The van der Waals surface area contributed by atoms with Gasteiger partial charge >= 0.3 is 29.9 Å². The fourth-order valence-corrected chi connectivity index (χ4v) is 1.40. The largest absolute Gasteiger partial charge is 0.464 e. The predicted molar refractivity (Wildman–Crippen MR) is 55.4 cm³/mol. The molecule has 0 N–H and O–H groups in total. The van der Waals surface area contributed by atoms with Gasteiger partial charge in [0.25, 0.3) is 0 Å². The molecule has 0 unspecified atom stereocenters. The number of methoxy groups -OCH3 is 1. The van der Waals surface area contributed by atoms with Crippen molar-refractivity contribution < 1.29 is 49.0 Å². The number of nitrogens with zero attached hydrogens (tertiary/aromatic N) is 1. The van der Waals surface area contributed by atoms with Gasteiger partial charge in [0.15, 0.2) is 0 Å². The fourth-order valence-electron chi connectivity index (χ4n) is 1.40. The van der Waals surface area contributed by atoms with E-state index in [4.69, 9.17) is 0 Å². The van der Waals surface area contributed by atoms with Crippen molar-refractivity contribution in [1.82, 2.24) is 4.98 Å². The van der Waals surface area contributed by atoms with Crippen molar-refractivity contribution in [3.8, 4) is 0 Å². The van der Waals surface area contributed by atoms with Gasteiger partial charge in [-0.15, -0.1) is 0 Å². The summed E-state index contributed by atoms with van der Waals surface area (Å²) in [5, 5.41) is 0. The lowest BCUT2D eigenvalue weighted by Gasteiger charge is -2.33. The highest BCUT2D eigenvalue weighted by Crippen LogP contribution is 2.56. The van der Waals surface area contributed by atoms with E-state index < -0.39 is 41.2 Å². The number of carbonyl (C=O) groups excluding carboxylic acids is 1. The van der Waals surface area contributed by atoms with Crippen molar-refractivity contribution in [3.05, 3.63) is 29.6 Å². The van der Waals surface area contributed by atoms with Crippen molar-refractivity contribution in [2.75, 3.05) is 7.11 Å². The van der Waals surface area contributed by atoms with Crippen molar-refractivity contribution in [2.45, 2.75) is 23.9 Å². The van der Waals surface area contributed by atoms with Crippen molar-refractivity contribution in [2.24, 2.45) is 0 Å². The molecule has 23 heavy (non-hydrogen) atoms. The second-order valence-corrected chi connectivity index (χ2v) is 4.14. The molecular formula is C11H6F9NO2. The standard InChI is InChI=1S/C11H6F9NO2/c1-23-7(22)6-4-5(2-3-21-6)8(12,13)9(14,15)10(16,17)11(18,19)20/h2-4H,1H3. The van der Waals surface area contributed by atoms with E-state index in [2.05, 4.69) is 9.72 Å². The van der Waals surface area contributed by atoms with Gasteiger partial charge in [0.05, 0.1) is 7.11 Å². The zero-order valence-corrected chi connectivity index (χ0v) is 10.9. The average Bonchev–Trinajstić information content (AvgIpc) is 2.44. The Morgan fingerprint density at radius 2 is 1.52 bits per heavy atom. The molecule has 0 radical (unpaired) electrons. The number of aromatic nitrogens is 1. The quantitative estimate of drug-likeness (QED) is 0.609. The van der Waals surface area contributed by atoms with E-state index in [0.717, 1.165) is 7.11 Å². The van der Waals surface area contributed by atoms with Gasteiger partial charge in [-0.3, -0.25) is 0 Å². The molecule has 0 bridgehead atoms. The number of halogens is 9. The maximum absolute atomic E-state index is 13.6. The summed E-state index contributed by atoms with van der Waals surface area (Å²) in [7, 11) is 0.779. The second kappa shape index (κ2) is 5.57. The van der Waals surface area contributed by atoms with Crippen LogP contribution in [0.2, 0.25) is 0 Å². The predicted octanol–water partition coefficient (Wildman–Crippen LogP) is 3.79. The van der Waals surface area contributed by atoms with E-state index in [1.807, 2.05) is 0 Å². The molecule has 12 heteroatoms. The molecule has 1 aromatic heterocycles. The Bertz CT molecular complexity index is 597. The van der Waals surface area contributed by atoms with Crippen LogP contribution in [-0.4, -0.2) is 36.1 Å². The molecule has 0 saturated heterocycles. The van der Waals surface area contributed by atoms with Crippen LogP contribution in [0.25, 0.3) is 0 Å². The molecule has 0 aliphatic carbocycles. The first kappa shape index (κ1) is 19.0. The van der Waals surface area contributed by atoms with Gasteiger partial charge in [0.2, 0.25) is 0 Å². The van der Waals surface area contributed by atoms with Crippen LogP contribution in [0.1, 0.15) is 16.1 Å². The second-order valence-electron chi connectivity index (χ2n) is 4.14. The van der Waals surface area contributed by atoms with Gasteiger partial charge in [-0.1, -0.05) is 0 Å². The van der Waals surface area contributed by atoms with Crippen LogP contribution >= 0.6 is 0 Å². The average molecular weight is 355 g/mol. The first-order chi connectivity index (χ1) is 10.2. The lowest BCUT2D eigenvalue weighted by molar-refractivity contribution is -0.399. The van der Waals surface area contributed by atoms with Gasteiger partial charge in [0.1, 0.15) is 5.69 Å². The fraction of sp³-hybridized carbons (Fsp3) is 0.455. The Hall–Kier alpha value is -2.01. The number of hydrogen-bond acceptors (Lipinski definition) is 3. The number of ether oxygens (including phenoxy) is 1. The van der Waals surface area contributed by atoms with E-state index in [1.165, 1.54) is 0 Å². The molecule has 1 aromatic rings. The van der Waals surface area contributed by atoms with Crippen LogP contribution in [0.3, 0.4) is 0 Å². The summed E-state index contributed by atoms with van der Waals surface area (Å²) in [6.07, 6.45) is -6.56. The van der Waals surface area contributed by atoms with E-state index in [0.29, 0.717) is 6.20 Å². The molecule has 0 aliphatic rings.